The number of ether oxygens (including phenoxy) is 2. The van der Waals surface area contributed by atoms with Crippen molar-refractivity contribution in [2.75, 3.05) is 23.4 Å². The summed E-state index contributed by atoms with van der Waals surface area (Å²) in [5.41, 5.74) is 4.44. The molecule has 198 valence electrons. The van der Waals surface area contributed by atoms with Crippen LogP contribution in [0.15, 0.2) is 65.1 Å². The van der Waals surface area contributed by atoms with Gasteiger partial charge in [-0.05, 0) is 85.0 Å². The Kier molecular flexibility index (Phi) is 8.52. The number of amides is 2. The molecule has 3 aromatic rings. The molecule has 1 aliphatic rings. The second-order valence-corrected chi connectivity index (χ2v) is 10.7. The third-order valence-electron chi connectivity index (χ3n) is 6.43. The fourth-order valence-electron chi connectivity index (χ4n) is 4.35. The quantitative estimate of drug-likeness (QED) is 0.308. The van der Waals surface area contributed by atoms with Crippen LogP contribution in [0.3, 0.4) is 0 Å². The highest BCUT2D eigenvalue weighted by molar-refractivity contribution is 9.10. The number of hydrogen-bond donors (Lipinski definition) is 1. The third kappa shape index (κ3) is 6.61. The Bertz CT molecular complexity index is 1350. The van der Waals surface area contributed by atoms with E-state index >= 15 is 0 Å². The van der Waals surface area contributed by atoms with Gasteiger partial charge in [-0.1, -0.05) is 41.9 Å². The summed E-state index contributed by atoms with van der Waals surface area (Å²) >= 11 is 3.38. The highest BCUT2D eigenvalue weighted by Crippen LogP contribution is 2.33. The summed E-state index contributed by atoms with van der Waals surface area (Å²) in [7, 11) is 0. The maximum absolute atomic E-state index is 12.7. The summed E-state index contributed by atoms with van der Waals surface area (Å²) < 4.78 is 12.3. The number of carbonyl (C=O) groups excluding carboxylic acids is 3. The van der Waals surface area contributed by atoms with E-state index in [1.54, 1.807) is 23.1 Å². The number of esters is 1. The van der Waals surface area contributed by atoms with Gasteiger partial charge in [0.25, 0.3) is 5.91 Å². The van der Waals surface area contributed by atoms with Gasteiger partial charge in [-0.25, -0.2) is 0 Å². The van der Waals surface area contributed by atoms with Crippen molar-refractivity contribution in [1.29, 1.82) is 0 Å². The van der Waals surface area contributed by atoms with Crippen molar-refractivity contribution in [2.24, 2.45) is 5.92 Å². The number of hydrogen-bond acceptors (Lipinski definition) is 5. The number of nitrogens with zero attached hydrogens (tertiary/aromatic N) is 1. The number of rotatable bonds is 8. The molecule has 1 atom stereocenters. The van der Waals surface area contributed by atoms with Crippen molar-refractivity contribution in [2.45, 2.75) is 40.0 Å². The Morgan fingerprint density at radius 3 is 2.47 bits per heavy atom. The number of halogens is 1. The molecule has 8 heteroatoms. The lowest BCUT2D eigenvalue weighted by Crippen LogP contribution is -2.28. The van der Waals surface area contributed by atoms with Gasteiger partial charge >= 0.3 is 5.97 Å². The van der Waals surface area contributed by atoms with Crippen LogP contribution in [0.1, 0.15) is 42.9 Å². The molecule has 0 bridgehead atoms. The number of benzene rings is 3. The standard InChI is InChI=1S/C30H31BrN2O5/c1-18(2)25-11-5-19(3)13-27(25)38-24-9-7-23(8-10-24)33-16-21(15-29(33)35)30(36)37-17-28(34)32-26-12-6-22(31)14-20(26)4/h5-14,18,21H,15-17H2,1-4H3,(H,32,34)/t21-/m1/s1. The second kappa shape index (κ2) is 11.8. The molecule has 3 aromatic carbocycles. The molecular formula is C30H31BrN2O5. The van der Waals surface area contributed by atoms with Crippen molar-refractivity contribution in [3.63, 3.8) is 0 Å². The Morgan fingerprint density at radius 1 is 1.05 bits per heavy atom. The lowest BCUT2D eigenvalue weighted by atomic mass is 10.0. The van der Waals surface area contributed by atoms with Crippen LogP contribution < -0.4 is 15.0 Å². The fraction of sp³-hybridized carbons (Fsp3) is 0.300. The topological polar surface area (TPSA) is 84.9 Å². The molecule has 0 unspecified atom stereocenters. The van der Waals surface area contributed by atoms with Gasteiger partial charge in [0.05, 0.1) is 5.92 Å². The van der Waals surface area contributed by atoms with Crippen LogP contribution in [0.25, 0.3) is 0 Å². The largest absolute Gasteiger partial charge is 0.457 e. The van der Waals surface area contributed by atoms with E-state index in [-0.39, 0.29) is 18.9 Å². The molecule has 1 aliphatic heterocycles. The second-order valence-electron chi connectivity index (χ2n) is 9.81. The van der Waals surface area contributed by atoms with E-state index in [4.69, 9.17) is 9.47 Å². The summed E-state index contributed by atoms with van der Waals surface area (Å²) in [6, 6.07) is 18.9. The molecule has 0 radical (unpaired) electrons. The van der Waals surface area contributed by atoms with Crippen molar-refractivity contribution >= 4 is 45.1 Å². The minimum atomic E-state index is -0.637. The van der Waals surface area contributed by atoms with Crippen LogP contribution in [0.2, 0.25) is 0 Å². The maximum Gasteiger partial charge on any atom is 0.311 e. The number of anilines is 2. The summed E-state index contributed by atoms with van der Waals surface area (Å²) in [6.45, 7) is 7.92. The number of aryl methyl sites for hydroxylation is 2. The van der Waals surface area contributed by atoms with Crippen LogP contribution in [0, 0.1) is 19.8 Å². The Morgan fingerprint density at radius 2 is 1.79 bits per heavy atom. The van der Waals surface area contributed by atoms with Gasteiger partial charge in [-0.3, -0.25) is 14.4 Å². The van der Waals surface area contributed by atoms with Gasteiger partial charge in [0.15, 0.2) is 6.61 Å². The molecule has 1 heterocycles. The first-order valence-electron chi connectivity index (χ1n) is 12.5. The first kappa shape index (κ1) is 27.4. The molecule has 0 aromatic heterocycles. The van der Waals surface area contributed by atoms with Gasteiger partial charge in [-0.2, -0.15) is 0 Å². The monoisotopic (exact) mass is 578 g/mol. The van der Waals surface area contributed by atoms with Crippen molar-refractivity contribution in [1.82, 2.24) is 0 Å². The molecule has 1 N–H and O–H groups in total. The predicted molar refractivity (Wildman–Crippen MR) is 151 cm³/mol. The highest BCUT2D eigenvalue weighted by Gasteiger charge is 2.36. The predicted octanol–water partition coefficient (Wildman–Crippen LogP) is 6.52. The van der Waals surface area contributed by atoms with E-state index in [1.165, 1.54) is 0 Å². The van der Waals surface area contributed by atoms with E-state index in [0.29, 0.717) is 23.0 Å². The SMILES string of the molecule is Cc1ccc(C(C)C)c(Oc2ccc(N3C[C@H](C(=O)OCC(=O)Nc4ccc(Br)cc4C)CC3=O)cc2)c1. The minimum absolute atomic E-state index is 0.0333. The molecule has 0 aliphatic carbocycles. The first-order valence-corrected chi connectivity index (χ1v) is 13.3. The number of nitrogens with one attached hydrogen (secondary N) is 1. The summed E-state index contributed by atoms with van der Waals surface area (Å²) in [5, 5.41) is 2.74. The summed E-state index contributed by atoms with van der Waals surface area (Å²) in [6.07, 6.45) is 0.0333. The normalized spacial score (nSPS) is 15.1. The van der Waals surface area contributed by atoms with Crippen molar-refractivity contribution in [3.8, 4) is 11.5 Å². The zero-order valence-electron chi connectivity index (χ0n) is 21.9. The highest BCUT2D eigenvalue weighted by atomic mass is 79.9. The van der Waals surface area contributed by atoms with E-state index in [9.17, 15) is 14.4 Å². The van der Waals surface area contributed by atoms with E-state index in [2.05, 4.69) is 47.2 Å². The average molecular weight is 579 g/mol. The summed E-state index contributed by atoms with van der Waals surface area (Å²) in [5.74, 6) is -0.0143. The van der Waals surface area contributed by atoms with Crippen molar-refractivity contribution in [3.05, 3.63) is 81.8 Å². The minimum Gasteiger partial charge on any atom is -0.457 e. The molecule has 4 rings (SSSR count). The van der Waals surface area contributed by atoms with Crippen molar-refractivity contribution < 1.29 is 23.9 Å². The molecule has 0 spiro atoms. The molecular weight excluding hydrogens is 548 g/mol. The fourth-order valence-corrected chi connectivity index (χ4v) is 4.83. The smallest absolute Gasteiger partial charge is 0.311 e. The van der Waals surface area contributed by atoms with Crippen LogP contribution in [0.4, 0.5) is 11.4 Å². The molecule has 1 saturated heterocycles. The molecule has 1 fully saturated rings. The zero-order valence-corrected chi connectivity index (χ0v) is 23.5. The van der Waals surface area contributed by atoms with Gasteiger partial charge in [0.2, 0.25) is 5.91 Å². The van der Waals surface area contributed by atoms with E-state index in [1.807, 2.05) is 44.2 Å². The summed E-state index contributed by atoms with van der Waals surface area (Å²) in [4.78, 5) is 39.1. The third-order valence-corrected chi connectivity index (χ3v) is 6.93. The number of carbonyl (C=O) groups is 3. The van der Waals surface area contributed by atoms with Crippen LogP contribution in [0.5, 0.6) is 11.5 Å². The van der Waals surface area contributed by atoms with Gasteiger partial charge < -0.3 is 19.7 Å². The van der Waals surface area contributed by atoms with E-state index in [0.717, 1.165) is 26.9 Å². The lowest BCUT2D eigenvalue weighted by molar-refractivity contribution is -0.151. The molecule has 0 saturated carbocycles. The lowest BCUT2D eigenvalue weighted by Gasteiger charge is -2.18. The van der Waals surface area contributed by atoms with Gasteiger partial charge in [0, 0.05) is 28.8 Å². The molecule has 38 heavy (non-hydrogen) atoms. The average Bonchev–Trinajstić information content (AvgIpc) is 3.26. The van der Waals surface area contributed by atoms with Gasteiger partial charge in [0.1, 0.15) is 11.5 Å². The Labute approximate surface area is 231 Å². The maximum atomic E-state index is 12.7. The van der Waals surface area contributed by atoms with Crippen LogP contribution >= 0.6 is 15.9 Å². The zero-order chi connectivity index (χ0) is 27.4. The van der Waals surface area contributed by atoms with Crippen LogP contribution in [-0.2, 0) is 19.1 Å². The first-order chi connectivity index (χ1) is 18.1. The van der Waals surface area contributed by atoms with E-state index < -0.39 is 24.4 Å². The van der Waals surface area contributed by atoms with Crippen LogP contribution in [-0.4, -0.2) is 30.9 Å². The Hall–Kier alpha value is -3.65. The molecule has 2 amide bonds. The van der Waals surface area contributed by atoms with Gasteiger partial charge in [-0.15, -0.1) is 0 Å². The molecule has 7 nitrogen and oxygen atoms in total. The Balaban J connectivity index is 1.33.